The highest BCUT2D eigenvalue weighted by molar-refractivity contribution is 7.89. The van der Waals surface area contributed by atoms with Crippen LogP contribution in [0.4, 0.5) is 4.39 Å². The van der Waals surface area contributed by atoms with Gasteiger partial charge in [0.2, 0.25) is 10.0 Å². The van der Waals surface area contributed by atoms with Gasteiger partial charge in [-0.3, -0.25) is 9.48 Å². The van der Waals surface area contributed by atoms with Crippen LogP contribution in [-0.2, 0) is 26.6 Å². The fourth-order valence-electron chi connectivity index (χ4n) is 2.76. The average molecular weight is 410 g/mol. The summed E-state index contributed by atoms with van der Waals surface area (Å²) in [6.07, 6.45) is 2.82. The Morgan fingerprint density at radius 2 is 1.79 bits per heavy atom. The second-order valence-corrected chi connectivity index (χ2v) is 8.16. The lowest BCUT2D eigenvalue weighted by Crippen LogP contribution is -2.51. The fourth-order valence-corrected chi connectivity index (χ4v) is 4.18. The number of nitrogens with zero attached hydrogens (tertiary/aromatic N) is 4. The van der Waals surface area contributed by atoms with Gasteiger partial charge >= 0.3 is 5.97 Å². The van der Waals surface area contributed by atoms with Crippen molar-refractivity contribution in [1.82, 2.24) is 19.0 Å². The molecule has 0 bridgehead atoms. The Kier molecular flexibility index (Phi) is 5.75. The fraction of sp³-hybridized carbons (Fsp3) is 0.353. The maximum atomic E-state index is 13.0. The predicted molar refractivity (Wildman–Crippen MR) is 95.2 cm³/mol. The van der Waals surface area contributed by atoms with Gasteiger partial charge in [-0.15, -0.1) is 0 Å². The van der Waals surface area contributed by atoms with Crippen molar-refractivity contribution < 1.29 is 27.1 Å². The summed E-state index contributed by atoms with van der Waals surface area (Å²) in [6, 6.07) is 4.59. The summed E-state index contributed by atoms with van der Waals surface area (Å²) in [5, 5.41) is 3.85. The molecule has 0 aliphatic carbocycles. The van der Waals surface area contributed by atoms with E-state index in [1.165, 1.54) is 38.4 Å². The number of esters is 1. The third kappa shape index (κ3) is 4.37. The van der Waals surface area contributed by atoms with Gasteiger partial charge in [0, 0.05) is 39.4 Å². The first-order valence-electron chi connectivity index (χ1n) is 8.46. The number of rotatable bonds is 5. The standard InChI is InChI=1S/C17H19FN4O5S/c1-20-11-13(10-19-20)17(24)27-12-16(23)21-6-8-22(9-7-21)28(25,26)15-4-2-14(18)3-5-15/h2-5,10-11H,6-9,12H2,1H3. The van der Waals surface area contributed by atoms with Crippen LogP contribution in [0.5, 0.6) is 0 Å². The van der Waals surface area contributed by atoms with Crippen molar-refractivity contribution >= 4 is 21.9 Å². The van der Waals surface area contributed by atoms with Crippen molar-refractivity contribution in [1.29, 1.82) is 0 Å². The summed E-state index contributed by atoms with van der Waals surface area (Å²) in [7, 11) is -2.10. The Hall–Kier alpha value is -2.79. The number of aryl methyl sites for hydroxylation is 1. The zero-order chi connectivity index (χ0) is 20.3. The molecule has 1 aromatic carbocycles. The SMILES string of the molecule is Cn1cc(C(=O)OCC(=O)N2CCN(S(=O)(=O)c3ccc(F)cc3)CC2)cn1. The largest absolute Gasteiger partial charge is 0.452 e. The number of carbonyl (C=O) groups is 2. The molecule has 0 unspecified atom stereocenters. The Bertz CT molecular complexity index is 966. The Morgan fingerprint density at radius 1 is 1.14 bits per heavy atom. The molecular formula is C17H19FN4O5S. The van der Waals surface area contributed by atoms with E-state index < -0.39 is 34.3 Å². The molecule has 2 heterocycles. The minimum Gasteiger partial charge on any atom is -0.452 e. The molecule has 2 aromatic rings. The van der Waals surface area contributed by atoms with Crippen molar-refractivity contribution in [2.75, 3.05) is 32.8 Å². The molecule has 3 rings (SSSR count). The maximum absolute atomic E-state index is 13.0. The van der Waals surface area contributed by atoms with Gasteiger partial charge in [0.05, 0.1) is 16.7 Å². The third-order valence-electron chi connectivity index (χ3n) is 4.31. The number of amides is 1. The van der Waals surface area contributed by atoms with E-state index in [0.717, 1.165) is 12.1 Å². The number of aromatic nitrogens is 2. The lowest BCUT2D eigenvalue weighted by atomic mass is 10.3. The van der Waals surface area contributed by atoms with Crippen LogP contribution in [0.3, 0.4) is 0 Å². The van der Waals surface area contributed by atoms with Crippen LogP contribution in [-0.4, -0.2) is 72.1 Å². The molecule has 28 heavy (non-hydrogen) atoms. The quantitative estimate of drug-likeness (QED) is 0.655. The molecule has 0 N–H and O–H groups in total. The van der Waals surface area contributed by atoms with E-state index in [9.17, 15) is 22.4 Å². The van der Waals surface area contributed by atoms with Gasteiger partial charge in [0.1, 0.15) is 5.82 Å². The van der Waals surface area contributed by atoms with E-state index in [1.54, 1.807) is 7.05 Å². The van der Waals surface area contributed by atoms with Gasteiger partial charge in [-0.2, -0.15) is 9.40 Å². The minimum atomic E-state index is -3.75. The maximum Gasteiger partial charge on any atom is 0.341 e. The monoisotopic (exact) mass is 410 g/mol. The van der Waals surface area contributed by atoms with Crippen LogP contribution < -0.4 is 0 Å². The number of hydrogen-bond acceptors (Lipinski definition) is 6. The van der Waals surface area contributed by atoms with Crippen LogP contribution in [0.1, 0.15) is 10.4 Å². The Balaban J connectivity index is 1.52. The Morgan fingerprint density at radius 3 is 2.36 bits per heavy atom. The molecule has 1 saturated heterocycles. The highest BCUT2D eigenvalue weighted by Crippen LogP contribution is 2.18. The number of halogens is 1. The van der Waals surface area contributed by atoms with Crippen LogP contribution in [0, 0.1) is 5.82 Å². The summed E-state index contributed by atoms with van der Waals surface area (Å²) >= 11 is 0. The van der Waals surface area contributed by atoms with E-state index in [2.05, 4.69) is 5.10 Å². The zero-order valence-electron chi connectivity index (χ0n) is 15.1. The third-order valence-corrected chi connectivity index (χ3v) is 6.22. The molecule has 1 aliphatic heterocycles. The lowest BCUT2D eigenvalue weighted by molar-refractivity contribution is -0.135. The zero-order valence-corrected chi connectivity index (χ0v) is 15.9. The first kappa shape index (κ1) is 20.0. The predicted octanol–water partition coefficient (Wildman–Crippen LogP) is 0.249. The van der Waals surface area contributed by atoms with Crippen molar-refractivity contribution in [3.8, 4) is 0 Å². The topological polar surface area (TPSA) is 102 Å². The van der Waals surface area contributed by atoms with Crippen molar-refractivity contribution in [2.24, 2.45) is 7.05 Å². The molecular weight excluding hydrogens is 391 g/mol. The van der Waals surface area contributed by atoms with Crippen molar-refractivity contribution in [3.63, 3.8) is 0 Å². The van der Waals surface area contributed by atoms with E-state index in [-0.39, 0.29) is 36.6 Å². The highest BCUT2D eigenvalue weighted by atomic mass is 32.2. The van der Waals surface area contributed by atoms with Crippen molar-refractivity contribution in [3.05, 3.63) is 48.0 Å². The first-order valence-corrected chi connectivity index (χ1v) is 9.90. The van der Waals surface area contributed by atoms with Crippen LogP contribution >= 0.6 is 0 Å². The van der Waals surface area contributed by atoms with Gasteiger partial charge in [-0.1, -0.05) is 0 Å². The number of benzene rings is 1. The molecule has 1 aliphatic rings. The van der Waals surface area contributed by atoms with Gasteiger partial charge in [-0.05, 0) is 24.3 Å². The van der Waals surface area contributed by atoms with Crippen LogP contribution in [0.25, 0.3) is 0 Å². The van der Waals surface area contributed by atoms with E-state index in [1.807, 2.05) is 0 Å². The van der Waals surface area contributed by atoms with Crippen molar-refractivity contribution in [2.45, 2.75) is 4.90 Å². The van der Waals surface area contributed by atoms with E-state index in [4.69, 9.17) is 4.74 Å². The van der Waals surface area contributed by atoms with Gasteiger partial charge in [0.15, 0.2) is 6.61 Å². The first-order chi connectivity index (χ1) is 13.3. The molecule has 11 heteroatoms. The highest BCUT2D eigenvalue weighted by Gasteiger charge is 2.30. The van der Waals surface area contributed by atoms with Crippen LogP contribution in [0.2, 0.25) is 0 Å². The molecule has 1 aromatic heterocycles. The van der Waals surface area contributed by atoms with E-state index in [0.29, 0.717) is 0 Å². The average Bonchev–Trinajstić information content (AvgIpc) is 3.13. The smallest absolute Gasteiger partial charge is 0.341 e. The number of hydrogen-bond donors (Lipinski definition) is 0. The minimum absolute atomic E-state index is 0.000855. The lowest BCUT2D eigenvalue weighted by Gasteiger charge is -2.33. The normalized spacial score (nSPS) is 15.4. The molecule has 0 spiro atoms. The summed E-state index contributed by atoms with van der Waals surface area (Å²) < 4.78 is 45.8. The molecule has 1 fully saturated rings. The molecule has 9 nitrogen and oxygen atoms in total. The number of carbonyl (C=O) groups excluding carboxylic acids is 2. The summed E-state index contributed by atoms with van der Waals surface area (Å²) in [5.74, 6) is -1.58. The number of sulfonamides is 1. The second-order valence-electron chi connectivity index (χ2n) is 6.22. The molecule has 1 amide bonds. The van der Waals surface area contributed by atoms with E-state index >= 15 is 0 Å². The molecule has 150 valence electrons. The van der Waals surface area contributed by atoms with Gasteiger partial charge in [0.25, 0.3) is 5.91 Å². The summed E-state index contributed by atoms with van der Waals surface area (Å²) in [4.78, 5) is 25.5. The number of ether oxygens (including phenoxy) is 1. The van der Waals surface area contributed by atoms with Gasteiger partial charge < -0.3 is 9.64 Å². The summed E-state index contributed by atoms with van der Waals surface area (Å²) in [5.41, 5.74) is 0.241. The number of piperazine rings is 1. The molecule has 0 atom stereocenters. The Labute approximate surface area is 161 Å². The second kappa shape index (κ2) is 8.07. The van der Waals surface area contributed by atoms with Crippen LogP contribution in [0.15, 0.2) is 41.6 Å². The summed E-state index contributed by atoms with van der Waals surface area (Å²) in [6.45, 7) is 0.107. The van der Waals surface area contributed by atoms with Gasteiger partial charge in [-0.25, -0.2) is 17.6 Å². The molecule has 0 radical (unpaired) electrons. The molecule has 0 saturated carbocycles.